The molecule has 1 aliphatic rings. The van der Waals surface area contributed by atoms with Gasteiger partial charge in [0.1, 0.15) is 11.5 Å². The summed E-state index contributed by atoms with van der Waals surface area (Å²) in [7, 11) is 0. The van der Waals surface area contributed by atoms with E-state index in [4.69, 9.17) is 16.3 Å². The number of hydrogen-bond acceptors (Lipinski definition) is 2. The highest BCUT2D eigenvalue weighted by molar-refractivity contribution is 6.30. The lowest BCUT2D eigenvalue weighted by Gasteiger charge is -2.24. The van der Waals surface area contributed by atoms with Crippen LogP contribution < -0.4 is 10.1 Å². The molecule has 0 aliphatic carbocycles. The number of hydrogen-bond donors (Lipinski definition) is 1. The number of rotatable bonds is 3. The zero-order valence-corrected chi connectivity index (χ0v) is 12.1. The van der Waals surface area contributed by atoms with Gasteiger partial charge in [0.2, 0.25) is 0 Å². The number of ether oxygens (including phenoxy) is 1. The van der Waals surface area contributed by atoms with Crippen molar-refractivity contribution < 1.29 is 4.74 Å². The molecule has 1 aliphatic heterocycles. The summed E-state index contributed by atoms with van der Waals surface area (Å²) < 4.78 is 6.04. The minimum atomic E-state index is 0.583. The van der Waals surface area contributed by atoms with Gasteiger partial charge in [-0.15, -0.1) is 0 Å². The fraction of sp³-hybridized carbons (Fsp3) is 0.294. The van der Waals surface area contributed by atoms with Gasteiger partial charge in [0.05, 0.1) is 0 Å². The predicted molar refractivity (Wildman–Crippen MR) is 82.8 cm³/mol. The van der Waals surface area contributed by atoms with Crippen LogP contribution in [0.4, 0.5) is 0 Å². The topological polar surface area (TPSA) is 21.3 Å². The van der Waals surface area contributed by atoms with Crippen LogP contribution in [0.2, 0.25) is 5.02 Å². The molecule has 0 amide bonds. The van der Waals surface area contributed by atoms with Crippen LogP contribution in [0.1, 0.15) is 24.3 Å². The van der Waals surface area contributed by atoms with Crippen LogP contribution in [-0.4, -0.2) is 13.1 Å². The summed E-state index contributed by atoms with van der Waals surface area (Å²) >= 11 is 5.91. The highest BCUT2D eigenvalue weighted by Crippen LogP contribution is 2.35. The molecule has 3 heteroatoms. The van der Waals surface area contributed by atoms with E-state index in [0.717, 1.165) is 29.6 Å². The van der Waals surface area contributed by atoms with E-state index < -0.39 is 0 Å². The Kier molecular flexibility index (Phi) is 4.24. The third-order valence-electron chi connectivity index (χ3n) is 3.74. The fourth-order valence-corrected chi connectivity index (χ4v) is 2.80. The molecule has 2 nitrogen and oxygen atoms in total. The summed E-state index contributed by atoms with van der Waals surface area (Å²) in [5.74, 6) is 2.37. The summed E-state index contributed by atoms with van der Waals surface area (Å²) in [5, 5.41) is 4.13. The van der Waals surface area contributed by atoms with E-state index in [1.165, 1.54) is 18.4 Å². The molecule has 2 aromatic rings. The first-order valence-electron chi connectivity index (χ1n) is 7.06. The Morgan fingerprint density at radius 2 is 1.65 bits per heavy atom. The second kappa shape index (κ2) is 6.29. The Hall–Kier alpha value is -1.51. The first kappa shape index (κ1) is 13.5. The van der Waals surface area contributed by atoms with E-state index >= 15 is 0 Å². The smallest absolute Gasteiger partial charge is 0.130 e. The second-order valence-corrected chi connectivity index (χ2v) is 5.55. The Labute approximate surface area is 124 Å². The van der Waals surface area contributed by atoms with Crippen molar-refractivity contribution in [3.63, 3.8) is 0 Å². The Bertz CT molecular complexity index is 561. The van der Waals surface area contributed by atoms with Crippen LogP contribution in [0, 0.1) is 0 Å². The van der Waals surface area contributed by atoms with Crippen molar-refractivity contribution in [3.05, 3.63) is 59.1 Å². The summed E-state index contributed by atoms with van der Waals surface area (Å²) in [4.78, 5) is 0. The van der Waals surface area contributed by atoms with Crippen LogP contribution in [0.15, 0.2) is 48.5 Å². The van der Waals surface area contributed by atoms with Gasteiger partial charge in [-0.2, -0.15) is 0 Å². The van der Waals surface area contributed by atoms with Gasteiger partial charge in [0, 0.05) is 5.02 Å². The van der Waals surface area contributed by atoms with Crippen LogP contribution in [0.5, 0.6) is 11.5 Å². The average molecular weight is 288 g/mol. The van der Waals surface area contributed by atoms with E-state index in [2.05, 4.69) is 17.4 Å². The zero-order chi connectivity index (χ0) is 13.8. The van der Waals surface area contributed by atoms with E-state index in [1.807, 2.05) is 36.4 Å². The average Bonchev–Trinajstić information content (AvgIpc) is 2.51. The fourth-order valence-electron chi connectivity index (χ4n) is 2.67. The molecule has 104 valence electrons. The summed E-state index contributed by atoms with van der Waals surface area (Å²) in [6.45, 7) is 2.17. The van der Waals surface area contributed by atoms with Crippen LogP contribution >= 0.6 is 11.6 Å². The number of para-hydroxylation sites is 1. The van der Waals surface area contributed by atoms with E-state index in [-0.39, 0.29) is 0 Å². The molecule has 2 aromatic carbocycles. The minimum absolute atomic E-state index is 0.583. The molecule has 0 aromatic heterocycles. The Morgan fingerprint density at radius 3 is 2.40 bits per heavy atom. The molecule has 1 heterocycles. The van der Waals surface area contributed by atoms with Gasteiger partial charge in [-0.05, 0) is 67.7 Å². The van der Waals surface area contributed by atoms with E-state index in [1.54, 1.807) is 0 Å². The number of benzene rings is 2. The minimum Gasteiger partial charge on any atom is -0.457 e. The summed E-state index contributed by atoms with van der Waals surface area (Å²) in [5.41, 5.74) is 1.31. The van der Waals surface area contributed by atoms with Crippen molar-refractivity contribution in [2.24, 2.45) is 0 Å². The molecule has 0 saturated carbocycles. The maximum atomic E-state index is 6.04. The normalized spacial score (nSPS) is 16.1. The van der Waals surface area contributed by atoms with Gasteiger partial charge in [-0.1, -0.05) is 29.8 Å². The molecule has 0 spiro atoms. The molecule has 1 saturated heterocycles. The van der Waals surface area contributed by atoms with Gasteiger partial charge in [0.25, 0.3) is 0 Å². The van der Waals surface area contributed by atoms with Gasteiger partial charge in [-0.3, -0.25) is 0 Å². The molecule has 1 fully saturated rings. The van der Waals surface area contributed by atoms with Gasteiger partial charge in [-0.25, -0.2) is 0 Å². The molecule has 0 radical (unpaired) electrons. The molecule has 0 bridgehead atoms. The van der Waals surface area contributed by atoms with Crippen molar-refractivity contribution in [2.45, 2.75) is 18.8 Å². The van der Waals surface area contributed by atoms with Crippen molar-refractivity contribution >= 4 is 11.6 Å². The molecular formula is C17H18ClNO. The predicted octanol–water partition coefficient (Wildman–Crippen LogP) is 4.60. The molecule has 0 atom stereocenters. The summed E-state index contributed by atoms with van der Waals surface area (Å²) in [6.07, 6.45) is 2.34. The van der Waals surface area contributed by atoms with E-state index in [9.17, 15) is 0 Å². The highest BCUT2D eigenvalue weighted by Gasteiger charge is 2.18. The lowest BCUT2D eigenvalue weighted by molar-refractivity contribution is 0.430. The first-order valence-corrected chi connectivity index (χ1v) is 7.44. The largest absolute Gasteiger partial charge is 0.457 e. The highest BCUT2D eigenvalue weighted by atomic mass is 35.5. The van der Waals surface area contributed by atoms with Crippen molar-refractivity contribution in [3.8, 4) is 11.5 Å². The van der Waals surface area contributed by atoms with Crippen LogP contribution in [0.25, 0.3) is 0 Å². The summed E-state index contributed by atoms with van der Waals surface area (Å²) in [6, 6.07) is 15.9. The van der Waals surface area contributed by atoms with Crippen LogP contribution in [0.3, 0.4) is 0 Å². The molecule has 20 heavy (non-hydrogen) atoms. The molecule has 3 rings (SSSR count). The molecular weight excluding hydrogens is 270 g/mol. The molecule has 1 N–H and O–H groups in total. The van der Waals surface area contributed by atoms with Crippen LogP contribution in [-0.2, 0) is 0 Å². The second-order valence-electron chi connectivity index (χ2n) is 5.12. The lowest BCUT2D eigenvalue weighted by atomic mass is 9.89. The molecule has 0 unspecified atom stereocenters. The van der Waals surface area contributed by atoms with Gasteiger partial charge in [0.15, 0.2) is 0 Å². The van der Waals surface area contributed by atoms with Crippen molar-refractivity contribution in [1.82, 2.24) is 5.32 Å². The number of nitrogens with one attached hydrogen (secondary N) is 1. The lowest BCUT2D eigenvalue weighted by Crippen LogP contribution is -2.26. The maximum Gasteiger partial charge on any atom is 0.130 e. The number of piperidine rings is 1. The Balaban J connectivity index is 1.83. The van der Waals surface area contributed by atoms with E-state index in [0.29, 0.717) is 5.92 Å². The number of halogens is 1. The zero-order valence-electron chi connectivity index (χ0n) is 11.3. The van der Waals surface area contributed by atoms with Crippen molar-refractivity contribution in [1.29, 1.82) is 0 Å². The monoisotopic (exact) mass is 287 g/mol. The third kappa shape index (κ3) is 3.14. The Morgan fingerprint density at radius 1 is 0.950 bits per heavy atom. The van der Waals surface area contributed by atoms with Crippen molar-refractivity contribution in [2.75, 3.05) is 13.1 Å². The third-order valence-corrected chi connectivity index (χ3v) is 3.99. The quantitative estimate of drug-likeness (QED) is 0.891. The van der Waals surface area contributed by atoms with Gasteiger partial charge < -0.3 is 10.1 Å². The standard InChI is InChI=1S/C17H18ClNO/c18-14-5-7-15(8-6-14)20-17-4-2-1-3-16(17)13-9-11-19-12-10-13/h1-8,13,19H,9-12H2. The van der Waals surface area contributed by atoms with Gasteiger partial charge >= 0.3 is 0 Å². The SMILES string of the molecule is Clc1ccc(Oc2ccccc2C2CCNCC2)cc1. The maximum absolute atomic E-state index is 6.04. The first-order chi connectivity index (χ1) is 9.83.